The minimum atomic E-state index is -2.47. The zero-order valence-electron chi connectivity index (χ0n) is 14.2. The van der Waals surface area contributed by atoms with Gasteiger partial charge in [-0.25, -0.2) is 0 Å². The van der Waals surface area contributed by atoms with E-state index in [-0.39, 0.29) is 0 Å². The summed E-state index contributed by atoms with van der Waals surface area (Å²) in [4.78, 5) is 7.10. The number of nitrogens with zero attached hydrogens (tertiary/aromatic N) is 2. The SMILES string of the molecule is CCO[Si](CCCN=C1CCN(C)CC1)(OCC)OCC. The normalized spacial score (nSPS) is 17.2. The highest BCUT2D eigenvalue weighted by atomic mass is 28.4. The van der Waals surface area contributed by atoms with Crippen LogP contribution in [0.25, 0.3) is 0 Å². The third-order valence-corrected chi connectivity index (χ3v) is 6.78. The van der Waals surface area contributed by atoms with Gasteiger partial charge in [0.2, 0.25) is 0 Å². The molecule has 5 nitrogen and oxygen atoms in total. The van der Waals surface area contributed by atoms with Gasteiger partial charge in [-0.2, -0.15) is 0 Å². The van der Waals surface area contributed by atoms with E-state index in [9.17, 15) is 0 Å². The molecule has 1 saturated heterocycles. The first kappa shape index (κ1) is 18.8. The molecule has 1 heterocycles. The molecule has 1 aliphatic heterocycles. The van der Waals surface area contributed by atoms with Crippen molar-refractivity contribution >= 4 is 14.5 Å². The number of piperidine rings is 1. The molecule has 0 aromatic carbocycles. The van der Waals surface area contributed by atoms with Crippen molar-refractivity contribution in [2.45, 2.75) is 46.1 Å². The Morgan fingerprint density at radius 2 is 1.52 bits per heavy atom. The average Bonchev–Trinajstić information content (AvgIpc) is 2.46. The fourth-order valence-electron chi connectivity index (χ4n) is 2.57. The Bertz CT molecular complexity index is 286. The van der Waals surface area contributed by atoms with E-state index in [1.165, 1.54) is 5.71 Å². The fraction of sp³-hybridized carbons (Fsp3) is 0.933. The van der Waals surface area contributed by atoms with Crippen LogP contribution in [-0.2, 0) is 13.3 Å². The molecule has 0 amide bonds. The van der Waals surface area contributed by atoms with Crippen molar-refractivity contribution in [1.82, 2.24) is 4.90 Å². The lowest BCUT2D eigenvalue weighted by molar-refractivity contribution is 0.0710. The van der Waals surface area contributed by atoms with E-state index >= 15 is 0 Å². The van der Waals surface area contributed by atoms with Crippen LogP contribution in [0.5, 0.6) is 0 Å². The van der Waals surface area contributed by atoms with E-state index in [1.807, 2.05) is 20.8 Å². The van der Waals surface area contributed by atoms with E-state index in [0.717, 1.165) is 44.9 Å². The maximum absolute atomic E-state index is 5.86. The minimum Gasteiger partial charge on any atom is -0.374 e. The van der Waals surface area contributed by atoms with Crippen LogP contribution in [0.4, 0.5) is 0 Å². The van der Waals surface area contributed by atoms with Gasteiger partial charge in [0.05, 0.1) is 0 Å². The third kappa shape index (κ3) is 7.01. The largest absolute Gasteiger partial charge is 0.500 e. The first-order valence-corrected chi connectivity index (χ1v) is 10.2. The molecule has 0 aliphatic carbocycles. The summed E-state index contributed by atoms with van der Waals surface area (Å²) in [5, 5.41) is 0. The summed E-state index contributed by atoms with van der Waals surface area (Å²) in [6.07, 6.45) is 3.20. The molecule has 0 radical (unpaired) electrons. The Kier molecular flexibility index (Phi) is 9.34. The van der Waals surface area contributed by atoms with Gasteiger partial charge in [-0.05, 0) is 47.1 Å². The van der Waals surface area contributed by atoms with E-state index in [1.54, 1.807) is 0 Å². The molecule has 0 N–H and O–H groups in total. The van der Waals surface area contributed by atoms with Crippen LogP contribution in [0.2, 0.25) is 6.04 Å². The molecular weight excluding hydrogens is 284 g/mol. The van der Waals surface area contributed by atoms with Gasteiger partial charge in [0.1, 0.15) is 0 Å². The molecule has 21 heavy (non-hydrogen) atoms. The number of hydrogen-bond donors (Lipinski definition) is 0. The van der Waals surface area contributed by atoms with Gasteiger partial charge in [-0.3, -0.25) is 4.99 Å². The Balaban J connectivity index is 2.39. The molecule has 0 spiro atoms. The van der Waals surface area contributed by atoms with Crippen LogP contribution in [0, 0.1) is 0 Å². The van der Waals surface area contributed by atoms with Crippen LogP contribution in [0.15, 0.2) is 4.99 Å². The lowest BCUT2D eigenvalue weighted by atomic mass is 10.1. The van der Waals surface area contributed by atoms with E-state index in [4.69, 9.17) is 18.3 Å². The summed E-state index contributed by atoms with van der Waals surface area (Å²) in [5.74, 6) is 0. The molecule has 1 fully saturated rings. The van der Waals surface area contributed by atoms with Gasteiger partial charge in [-0.15, -0.1) is 0 Å². The second kappa shape index (κ2) is 10.5. The summed E-state index contributed by atoms with van der Waals surface area (Å²) in [6, 6.07) is 0.860. The molecule has 0 aromatic heterocycles. The molecule has 0 bridgehead atoms. The average molecular weight is 317 g/mol. The van der Waals surface area contributed by atoms with E-state index in [2.05, 4.69) is 11.9 Å². The highest BCUT2D eigenvalue weighted by Gasteiger charge is 2.39. The lowest BCUT2D eigenvalue weighted by Crippen LogP contribution is -2.46. The predicted molar refractivity (Wildman–Crippen MR) is 89.1 cm³/mol. The standard InChI is InChI=1S/C15H32N2O3Si/c1-5-18-21(19-6-2,20-7-3)14-8-11-16-15-9-12-17(4)13-10-15/h5-14H2,1-4H3. The van der Waals surface area contributed by atoms with Crippen molar-refractivity contribution in [1.29, 1.82) is 0 Å². The molecule has 124 valence electrons. The summed E-state index contributed by atoms with van der Waals surface area (Å²) >= 11 is 0. The Morgan fingerprint density at radius 3 is 2.00 bits per heavy atom. The molecule has 1 rings (SSSR count). The first-order valence-electron chi connectivity index (χ1n) is 8.28. The topological polar surface area (TPSA) is 43.3 Å². The van der Waals surface area contributed by atoms with Gasteiger partial charge >= 0.3 is 8.80 Å². The second-order valence-electron chi connectivity index (χ2n) is 5.34. The second-order valence-corrected chi connectivity index (χ2v) is 8.07. The van der Waals surface area contributed by atoms with Crippen molar-refractivity contribution in [2.24, 2.45) is 4.99 Å². The van der Waals surface area contributed by atoms with Gasteiger partial charge in [-0.1, -0.05) is 0 Å². The Labute approximate surface area is 131 Å². The fourth-order valence-corrected chi connectivity index (χ4v) is 5.16. The van der Waals surface area contributed by atoms with Crippen LogP contribution in [0.1, 0.15) is 40.0 Å². The molecular formula is C15H32N2O3Si. The summed E-state index contributed by atoms with van der Waals surface area (Å²) < 4.78 is 17.6. The van der Waals surface area contributed by atoms with Gasteiger partial charge in [0, 0.05) is 51.2 Å². The van der Waals surface area contributed by atoms with Crippen molar-refractivity contribution in [2.75, 3.05) is 46.5 Å². The van der Waals surface area contributed by atoms with Gasteiger partial charge < -0.3 is 18.2 Å². The van der Waals surface area contributed by atoms with Crippen molar-refractivity contribution in [3.8, 4) is 0 Å². The van der Waals surface area contributed by atoms with Crippen LogP contribution in [-0.4, -0.2) is 65.9 Å². The smallest absolute Gasteiger partial charge is 0.374 e. The molecule has 0 unspecified atom stereocenters. The van der Waals surface area contributed by atoms with Crippen LogP contribution < -0.4 is 0 Å². The van der Waals surface area contributed by atoms with Crippen molar-refractivity contribution in [3.63, 3.8) is 0 Å². The van der Waals surface area contributed by atoms with Crippen molar-refractivity contribution in [3.05, 3.63) is 0 Å². The van der Waals surface area contributed by atoms with Gasteiger partial charge in [0.15, 0.2) is 0 Å². The molecule has 0 saturated carbocycles. The van der Waals surface area contributed by atoms with Crippen molar-refractivity contribution < 1.29 is 13.3 Å². The summed E-state index contributed by atoms with van der Waals surface area (Å²) in [6.45, 7) is 11.1. The lowest BCUT2D eigenvalue weighted by Gasteiger charge is -2.28. The molecule has 1 aliphatic rings. The number of aliphatic imine (C=N–C) groups is 1. The third-order valence-electron chi connectivity index (χ3n) is 3.63. The number of rotatable bonds is 10. The Morgan fingerprint density at radius 1 is 1.00 bits per heavy atom. The maximum atomic E-state index is 5.86. The highest BCUT2D eigenvalue weighted by molar-refractivity contribution is 6.60. The van der Waals surface area contributed by atoms with Gasteiger partial charge in [0.25, 0.3) is 0 Å². The molecule has 0 aromatic rings. The first-order chi connectivity index (χ1) is 10.2. The summed E-state index contributed by atoms with van der Waals surface area (Å²) in [5.41, 5.74) is 1.37. The Hall–Kier alpha value is -0.273. The maximum Gasteiger partial charge on any atom is 0.500 e. The number of hydrogen-bond acceptors (Lipinski definition) is 5. The monoisotopic (exact) mass is 316 g/mol. The van der Waals surface area contributed by atoms with Crippen LogP contribution in [0.3, 0.4) is 0 Å². The zero-order valence-corrected chi connectivity index (χ0v) is 15.2. The van der Waals surface area contributed by atoms with E-state index in [0.29, 0.717) is 19.8 Å². The van der Waals surface area contributed by atoms with Crippen LogP contribution >= 0.6 is 0 Å². The summed E-state index contributed by atoms with van der Waals surface area (Å²) in [7, 11) is -0.301. The number of likely N-dealkylation sites (tertiary alicyclic amines) is 1. The molecule has 0 atom stereocenters. The quantitative estimate of drug-likeness (QED) is 0.459. The van der Waals surface area contributed by atoms with E-state index < -0.39 is 8.80 Å². The predicted octanol–water partition coefficient (Wildman–Crippen LogP) is 2.59. The molecule has 6 heteroatoms. The minimum absolute atomic E-state index is 0.646. The zero-order chi connectivity index (χ0) is 15.6. The highest BCUT2D eigenvalue weighted by Crippen LogP contribution is 2.18.